The van der Waals surface area contributed by atoms with Crippen molar-refractivity contribution in [2.75, 3.05) is 11.9 Å². The van der Waals surface area contributed by atoms with Crippen LogP contribution in [0.2, 0.25) is 25.7 Å². The van der Waals surface area contributed by atoms with E-state index in [1.54, 1.807) is 0 Å². The van der Waals surface area contributed by atoms with Crippen LogP contribution < -0.4 is 5.32 Å². The van der Waals surface area contributed by atoms with Crippen LogP contribution in [0.5, 0.6) is 0 Å². The molecule has 1 fully saturated rings. The van der Waals surface area contributed by atoms with Gasteiger partial charge in [0.1, 0.15) is 6.73 Å². The van der Waals surface area contributed by atoms with Crippen molar-refractivity contribution in [3.05, 3.63) is 40.1 Å². The highest BCUT2D eigenvalue weighted by atomic mass is 79.9. The quantitative estimate of drug-likeness (QED) is 0.261. The van der Waals surface area contributed by atoms with Crippen LogP contribution in [0.25, 0.3) is 22.2 Å². The fourth-order valence-corrected chi connectivity index (χ4v) is 6.72. The molecule has 2 aliphatic carbocycles. The molecule has 0 aliphatic heterocycles. The van der Waals surface area contributed by atoms with Crippen molar-refractivity contribution in [1.82, 2.24) is 14.5 Å². The third-order valence-corrected chi connectivity index (χ3v) is 9.71. The standard InChI is InChI=1S/C27H37BrN4O2Si/c1-35(2,3)15-14-34-17-32-22-12-6-8-18-16-29-27(30-21-11-4-5-13-23(21)33)31-25(18)24(22)19-9-7-10-20(28)26(19)32/h7,9-10,16,21,23,33H,4-6,8,11-15,17H2,1-3H3,(H,29,30,31)/t21-,23-/m0/s1. The Bertz CT molecular complexity index is 1210. The third kappa shape index (κ3) is 5.36. The van der Waals surface area contributed by atoms with E-state index in [0.29, 0.717) is 12.7 Å². The molecule has 3 aromatic rings. The van der Waals surface area contributed by atoms with Crippen LogP contribution in [0.3, 0.4) is 0 Å². The van der Waals surface area contributed by atoms with Gasteiger partial charge >= 0.3 is 0 Å². The zero-order valence-electron chi connectivity index (χ0n) is 21.1. The Balaban J connectivity index is 1.54. The molecular formula is C27H37BrN4O2Si. The highest BCUT2D eigenvalue weighted by molar-refractivity contribution is 9.10. The Hall–Kier alpha value is -1.74. The molecule has 0 amide bonds. The Morgan fingerprint density at radius 1 is 1.17 bits per heavy atom. The fourth-order valence-electron chi connectivity index (χ4n) is 5.39. The van der Waals surface area contributed by atoms with E-state index in [-0.39, 0.29) is 12.1 Å². The van der Waals surface area contributed by atoms with Gasteiger partial charge in [0.25, 0.3) is 0 Å². The van der Waals surface area contributed by atoms with Crippen molar-refractivity contribution in [3.8, 4) is 11.3 Å². The number of aliphatic hydroxyl groups is 1. The van der Waals surface area contributed by atoms with Gasteiger partial charge in [-0.25, -0.2) is 9.97 Å². The molecule has 35 heavy (non-hydrogen) atoms. The summed E-state index contributed by atoms with van der Waals surface area (Å²) in [6.07, 6.45) is 8.65. The van der Waals surface area contributed by atoms with E-state index in [1.165, 1.54) is 27.7 Å². The van der Waals surface area contributed by atoms with E-state index in [0.717, 1.165) is 67.8 Å². The first-order chi connectivity index (χ1) is 16.8. The number of hydrogen-bond acceptors (Lipinski definition) is 5. The van der Waals surface area contributed by atoms with Crippen molar-refractivity contribution in [3.63, 3.8) is 0 Å². The van der Waals surface area contributed by atoms with Gasteiger partial charge in [-0.2, -0.15) is 0 Å². The molecule has 2 heterocycles. The summed E-state index contributed by atoms with van der Waals surface area (Å²) in [5.41, 5.74) is 5.88. The van der Waals surface area contributed by atoms with E-state index in [1.807, 2.05) is 6.20 Å². The van der Waals surface area contributed by atoms with Crippen molar-refractivity contribution in [2.24, 2.45) is 0 Å². The van der Waals surface area contributed by atoms with Gasteiger partial charge in [0, 0.05) is 42.0 Å². The maximum atomic E-state index is 10.5. The highest BCUT2D eigenvalue weighted by Gasteiger charge is 2.28. The van der Waals surface area contributed by atoms with E-state index in [9.17, 15) is 5.11 Å². The third-order valence-electron chi connectivity index (χ3n) is 7.36. The molecule has 8 heteroatoms. The number of anilines is 1. The number of aliphatic hydroxyl groups excluding tert-OH is 1. The normalized spacial score (nSPS) is 20.4. The Labute approximate surface area is 217 Å². The molecular weight excluding hydrogens is 520 g/mol. The van der Waals surface area contributed by atoms with E-state index in [4.69, 9.17) is 9.72 Å². The molecule has 0 saturated heterocycles. The first-order valence-electron chi connectivity index (χ1n) is 13.0. The molecule has 2 atom stereocenters. The molecule has 0 radical (unpaired) electrons. The van der Waals surface area contributed by atoms with Crippen molar-refractivity contribution in [1.29, 1.82) is 0 Å². The molecule has 0 unspecified atom stereocenters. The van der Waals surface area contributed by atoms with Crippen LogP contribution in [0.15, 0.2) is 28.9 Å². The summed E-state index contributed by atoms with van der Waals surface area (Å²) in [7, 11) is -1.14. The first kappa shape index (κ1) is 24.9. The molecule has 6 nitrogen and oxygen atoms in total. The smallest absolute Gasteiger partial charge is 0.223 e. The highest BCUT2D eigenvalue weighted by Crippen LogP contribution is 2.41. The Kier molecular flexibility index (Phi) is 7.35. The van der Waals surface area contributed by atoms with Gasteiger partial charge in [0.05, 0.1) is 23.4 Å². The predicted molar refractivity (Wildman–Crippen MR) is 149 cm³/mol. The molecule has 0 bridgehead atoms. The van der Waals surface area contributed by atoms with Gasteiger partial charge < -0.3 is 19.7 Å². The second-order valence-corrected chi connectivity index (χ2v) is 17.7. The fraction of sp³-hybridized carbons (Fsp3) is 0.556. The van der Waals surface area contributed by atoms with Gasteiger partial charge in [-0.3, -0.25) is 0 Å². The minimum absolute atomic E-state index is 0.0160. The first-order valence-corrected chi connectivity index (χ1v) is 17.5. The number of nitrogens with one attached hydrogen (secondary N) is 1. The number of hydrogen-bond donors (Lipinski definition) is 2. The van der Waals surface area contributed by atoms with Crippen LogP contribution in [0.4, 0.5) is 5.95 Å². The van der Waals surface area contributed by atoms with E-state index in [2.05, 4.69) is 68.6 Å². The lowest BCUT2D eigenvalue weighted by molar-refractivity contribution is 0.0884. The minimum Gasteiger partial charge on any atom is -0.391 e. The summed E-state index contributed by atoms with van der Waals surface area (Å²) in [6, 6.07) is 7.59. The SMILES string of the molecule is C[Si](C)(C)CCOCn1c2c(c3cccc(Br)c31)-c1nc(N[C@H]3CCCC[C@@H]3O)ncc1CCC2. The zero-order valence-corrected chi connectivity index (χ0v) is 23.7. The lowest BCUT2D eigenvalue weighted by atomic mass is 9.93. The van der Waals surface area contributed by atoms with E-state index < -0.39 is 8.07 Å². The Morgan fingerprint density at radius 3 is 2.80 bits per heavy atom. The topological polar surface area (TPSA) is 72.2 Å². The number of fused-ring (bicyclic) bond motifs is 5. The van der Waals surface area contributed by atoms with Gasteiger partial charge in [-0.1, -0.05) is 44.6 Å². The molecule has 2 aliphatic rings. The van der Waals surface area contributed by atoms with Gasteiger partial charge in [-0.05, 0) is 65.7 Å². The molecule has 2 aromatic heterocycles. The lowest BCUT2D eigenvalue weighted by Gasteiger charge is -2.28. The minimum atomic E-state index is -1.14. The number of para-hydroxylation sites is 1. The largest absolute Gasteiger partial charge is 0.391 e. The van der Waals surface area contributed by atoms with Gasteiger partial charge in [-0.15, -0.1) is 0 Å². The lowest BCUT2D eigenvalue weighted by Crippen LogP contribution is -2.36. The molecule has 2 N–H and O–H groups in total. The summed E-state index contributed by atoms with van der Waals surface area (Å²) in [5.74, 6) is 0.616. The van der Waals surface area contributed by atoms with Gasteiger partial charge in [0.2, 0.25) is 5.95 Å². The average molecular weight is 558 g/mol. The summed E-state index contributed by atoms with van der Waals surface area (Å²) in [6.45, 7) is 8.51. The molecule has 5 rings (SSSR count). The number of benzene rings is 1. The number of halogens is 1. The number of nitrogens with zero attached hydrogens (tertiary/aromatic N) is 3. The average Bonchev–Trinajstić information content (AvgIpc) is 3.00. The second kappa shape index (κ2) is 10.3. The summed E-state index contributed by atoms with van der Waals surface area (Å²) in [5, 5.41) is 15.1. The number of rotatable bonds is 7. The van der Waals surface area contributed by atoms with Crippen LogP contribution in [0, 0.1) is 0 Å². The van der Waals surface area contributed by atoms with Crippen LogP contribution in [-0.4, -0.2) is 46.5 Å². The van der Waals surface area contributed by atoms with Crippen LogP contribution >= 0.6 is 15.9 Å². The van der Waals surface area contributed by atoms with Crippen molar-refractivity contribution >= 4 is 40.9 Å². The number of ether oxygens (including phenoxy) is 1. The Morgan fingerprint density at radius 2 is 2.00 bits per heavy atom. The molecule has 188 valence electrons. The van der Waals surface area contributed by atoms with Crippen LogP contribution in [-0.2, 0) is 24.3 Å². The maximum absolute atomic E-state index is 10.5. The molecule has 0 spiro atoms. The number of aromatic nitrogens is 3. The zero-order chi connectivity index (χ0) is 24.6. The second-order valence-electron chi connectivity index (χ2n) is 11.3. The summed E-state index contributed by atoms with van der Waals surface area (Å²) >= 11 is 3.82. The van der Waals surface area contributed by atoms with Crippen LogP contribution in [0.1, 0.15) is 43.4 Å². The van der Waals surface area contributed by atoms with Crippen molar-refractivity contribution < 1.29 is 9.84 Å². The van der Waals surface area contributed by atoms with E-state index >= 15 is 0 Å². The monoisotopic (exact) mass is 556 g/mol. The summed E-state index contributed by atoms with van der Waals surface area (Å²) < 4.78 is 9.69. The summed E-state index contributed by atoms with van der Waals surface area (Å²) in [4.78, 5) is 9.72. The molecule has 1 saturated carbocycles. The van der Waals surface area contributed by atoms with Gasteiger partial charge in [0.15, 0.2) is 0 Å². The molecule has 1 aromatic carbocycles. The number of aryl methyl sites for hydroxylation is 1. The maximum Gasteiger partial charge on any atom is 0.223 e. The van der Waals surface area contributed by atoms with Crippen molar-refractivity contribution in [2.45, 2.75) is 89.5 Å². The predicted octanol–water partition coefficient (Wildman–Crippen LogP) is 6.38.